The Labute approximate surface area is 107 Å². The molecule has 0 aromatic heterocycles. The van der Waals surface area contributed by atoms with Gasteiger partial charge in [0.2, 0.25) is 0 Å². The summed E-state index contributed by atoms with van der Waals surface area (Å²) in [6, 6.07) is 8.38. The second-order valence-corrected chi connectivity index (χ2v) is 4.41. The molecule has 0 saturated carbocycles. The number of hydrogen-bond donors (Lipinski definition) is 4. The summed E-state index contributed by atoms with van der Waals surface area (Å²) >= 11 is 0. The monoisotopic (exact) mass is 244 g/mol. The van der Waals surface area contributed by atoms with Gasteiger partial charge < -0.3 is 22.9 Å². The van der Waals surface area contributed by atoms with Gasteiger partial charge in [0.25, 0.3) is 0 Å². The summed E-state index contributed by atoms with van der Waals surface area (Å²) in [6.45, 7) is 2.00. The van der Waals surface area contributed by atoms with E-state index in [0.29, 0.717) is 26.2 Å². The molecule has 96 valence electrons. The highest BCUT2D eigenvalue weighted by molar-refractivity contribution is 5.85. The van der Waals surface area contributed by atoms with E-state index in [2.05, 4.69) is 24.3 Å². The van der Waals surface area contributed by atoms with Gasteiger partial charge in [-0.1, -0.05) is 0 Å². The fourth-order valence-corrected chi connectivity index (χ4v) is 2.30. The molecule has 0 amide bonds. The number of fused-ring (bicyclic) bond motifs is 1. The molecule has 2 aromatic rings. The second kappa shape index (κ2) is 5.46. The molecule has 0 heterocycles. The Kier molecular flexibility index (Phi) is 3.93. The van der Waals surface area contributed by atoms with E-state index in [1.54, 1.807) is 0 Å². The number of hydrogen-bond acceptors (Lipinski definition) is 4. The van der Waals surface area contributed by atoms with Crippen LogP contribution in [0.4, 0.5) is 0 Å². The molecule has 0 fully saturated rings. The zero-order valence-corrected chi connectivity index (χ0v) is 10.4. The molecular formula is C14H20N4. The number of rotatable bonds is 4. The minimum atomic E-state index is 0.499. The maximum atomic E-state index is 5.74. The first-order chi connectivity index (χ1) is 8.73. The molecule has 0 saturated heterocycles. The Bertz CT molecular complexity index is 466. The Hall–Kier alpha value is -1.46. The van der Waals surface area contributed by atoms with Crippen molar-refractivity contribution >= 4 is 10.8 Å². The molecule has 4 nitrogen and oxygen atoms in total. The fourth-order valence-electron chi connectivity index (χ4n) is 2.30. The average molecular weight is 244 g/mol. The van der Waals surface area contributed by atoms with E-state index in [1.165, 1.54) is 0 Å². The summed E-state index contributed by atoms with van der Waals surface area (Å²) in [5, 5.41) is 2.29. The van der Waals surface area contributed by atoms with E-state index in [-0.39, 0.29) is 0 Å². The lowest BCUT2D eigenvalue weighted by Gasteiger charge is -2.12. The van der Waals surface area contributed by atoms with Crippen LogP contribution in [0, 0.1) is 0 Å². The van der Waals surface area contributed by atoms with Crippen LogP contribution in [-0.4, -0.2) is 0 Å². The summed E-state index contributed by atoms with van der Waals surface area (Å²) in [5.41, 5.74) is 27.3. The van der Waals surface area contributed by atoms with Gasteiger partial charge in [-0.2, -0.15) is 0 Å². The summed E-state index contributed by atoms with van der Waals surface area (Å²) in [5.74, 6) is 0. The number of benzene rings is 2. The van der Waals surface area contributed by atoms with Crippen molar-refractivity contribution < 1.29 is 0 Å². The molecule has 2 rings (SSSR count). The van der Waals surface area contributed by atoms with Crippen LogP contribution < -0.4 is 22.9 Å². The van der Waals surface area contributed by atoms with Crippen LogP contribution in [0.1, 0.15) is 22.3 Å². The van der Waals surface area contributed by atoms with Crippen LogP contribution >= 0.6 is 0 Å². The third-order valence-corrected chi connectivity index (χ3v) is 3.36. The van der Waals surface area contributed by atoms with Crippen LogP contribution in [0.5, 0.6) is 0 Å². The second-order valence-electron chi connectivity index (χ2n) is 4.41. The molecule has 0 unspecified atom stereocenters. The van der Waals surface area contributed by atoms with Gasteiger partial charge in [0.15, 0.2) is 0 Å². The van der Waals surface area contributed by atoms with E-state index in [9.17, 15) is 0 Å². The summed E-state index contributed by atoms with van der Waals surface area (Å²) in [7, 11) is 0. The Morgan fingerprint density at radius 2 is 0.722 bits per heavy atom. The smallest absolute Gasteiger partial charge is 0.0181 e. The van der Waals surface area contributed by atoms with Crippen molar-refractivity contribution in [2.75, 3.05) is 0 Å². The van der Waals surface area contributed by atoms with E-state index >= 15 is 0 Å². The van der Waals surface area contributed by atoms with Crippen LogP contribution in [0.2, 0.25) is 0 Å². The van der Waals surface area contributed by atoms with Gasteiger partial charge in [0.1, 0.15) is 0 Å². The minimum absolute atomic E-state index is 0.499. The van der Waals surface area contributed by atoms with Crippen molar-refractivity contribution in [1.82, 2.24) is 0 Å². The van der Waals surface area contributed by atoms with Crippen molar-refractivity contribution in [3.63, 3.8) is 0 Å². The van der Waals surface area contributed by atoms with E-state index in [0.717, 1.165) is 33.0 Å². The van der Waals surface area contributed by atoms with Crippen LogP contribution in [0.25, 0.3) is 10.8 Å². The van der Waals surface area contributed by atoms with Gasteiger partial charge in [-0.3, -0.25) is 0 Å². The van der Waals surface area contributed by atoms with Crippen LogP contribution in [0.3, 0.4) is 0 Å². The predicted molar refractivity (Wildman–Crippen MR) is 75.5 cm³/mol. The first kappa shape index (κ1) is 13.0. The zero-order chi connectivity index (χ0) is 13.1. The molecule has 18 heavy (non-hydrogen) atoms. The largest absolute Gasteiger partial charge is 0.326 e. The third kappa shape index (κ3) is 2.23. The molecule has 0 bridgehead atoms. The van der Waals surface area contributed by atoms with Crippen molar-refractivity contribution in [1.29, 1.82) is 0 Å². The normalized spacial score (nSPS) is 11.1. The van der Waals surface area contributed by atoms with Crippen molar-refractivity contribution in [3.8, 4) is 0 Å². The molecule has 0 aliphatic carbocycles. The van der Waals surface area contributed by atoms with Gasteiger partial charge in [0.05, 0.1) is 0 Å². The average Bonchev–Trinajstić information content (AvgIpc) is 2.43. The number of nitrogens with two attached hydrogens (primary N) is 4. The first-order valence-electron chi connectivity index (χ1n) is 6.11. The molecule has 0 spiro atoms. The molecule has 4 heteroatoms. The Morgan fingerprint density at radius 3 is 0.889 bits per heavy atom. The molecule has 2 aromatic carbocycles. The maximum absolute atomic E-state index is 5.74. The standard InChI is InChI=1S/C14H20N4/c15-5-11-1-9-2-13(7-17)14(8-18)4-10(9)3-12(11)6-16/h1-4H,5-8,15-18H2. The van der Waals surface area contributed by atoms with Crippen molar-refractivity contribution in [3.05, 3.63) is 46.5 Å². The lowest BCUT2D eigenvalue weighted by atomic mass is 9.96. The van der Waals surface area contributed by atoms with E-state index in [4.69, 9.17) is 22.9 Å². The highest BCUT2D eigenvalue weighted by Crippen LogP contribution is 2.24. The summed E-state index contributed by atoms with van der Waals surface area (Å²) in [4.78, 5) is 0. The molecule has 0 aliphatic rings. The Balaban J connectivity index is 2.69. The van der Waals surface area contributed by atoms with Crippen molar-refractivity contribution in [2.24, 2.45) is 22.9 Å². The molecular weight excluding hydrogens is 224 g/mol. The fraction of sp³-hybridized carbons (Fsp3) is 0.286. The van der Waals surface area contributed by atoms with Gasteiger partial charge >= 0.3 is 0 Å². The molecule has 0 atom stereocenters. The van der Waals surface area contributed by atoms with E-state index < -0.39 is 0 Å². The van der Waals surface area contributed by atoms with Gasteiger partial charge in [-0.15, -0.1) is 0 Å². The van der Waals surface area contributed by atoms with Crippen molar-refractivity contribution in [2.45, 2.75) is 26.2 Å². The lowest BCUT2D eigenvalue weighted by molar-refractivity contribution is 0.976. The van der Waals surface area contributed by atoms with Crippen LogP contribution in [-0.2, 0) is 26.2 Å². The molecule has 0 radical (unpaired) electrons. The first-order valence-corrected chi connectivity index (χ1v) is 6.11. The lowest BCUT2D eigenvalue weighted by Crippen LogP contribution is -2.08. The molecule has 0 aliphatic heterocycles. The highest BCUT2D eigenvalue weighted by Gasteiger charge is 2.06. The van der Waals surface area contributed by atoms with Crippen LogP contribution in [0.15, 0.2) is 24.3 Å². The SMILES string of the molecule is NCc1cc2cc(CN)c(CN)cc2cc1CN. The van der Waals surface area contributed by atoms with Gasteiger partial charge in [-0.25, -0.2) is 0 Å². The maximum Gasteiger partial charge on any atom is 0.0181 e. The minimum Gasteiger partial charge on any atom is -0.326 e. The quantitative estimate of drug-likeness (QED) is 0.634. The topological polar surface area (TPSA) is 104 Å². The molecule has 8 N–H and O–H groups in total. The predicted octanol–water partition coefficient (Wildman–Crippen LogP) is 0.675. The van der Waals surface area contributed by atoms with Gasteiger partial charge in [-0.05, 0) is 57.3 Å². The summed E-state index contributed by atoms with van der Waals surface area (Å²) in [6.07, 6.45) is 0. The Morgan fingerprint density at radius 1 is 0.500 bits per heavy atom. The van der Waals surface area contributed by atoms with E-state index in [1.807, 2.05) is 0 Å². The zero-order valence-electron chi connectivity index (χ0n) is 10.4. The third-order valence-electron chi connectivity index (χ3n) is 3.36. The summed E-state index contributed by atoms with van der Waals surface area (Å²) < 4.78 is 0. The van der Waals surface area contributed by atoms with Gasteiger partial charge in [0, 0.05) is 26.2 Å². The highest BCUT2D eigenvalue weighted by atomic mass is 14.6.